The highest BCUT2D eigenvalue weighted by Gasteiger charge is 2.31. The van der Waals surface area contributed by atoms with Crippen LogP contribution in [0.3, 0.4) is 0 Å². The minimum atomic E-state index is -4.45. The molecule has 0 saturated carbocycles. The highest BCUT2D eigenvalue weighted by atomic mass is 35.5. The fourth-order valence-electron chi connectivity index (χ4n) is 6.93. The summed E-state index contributed by atoms with van der Waals surface area (Å²) in [5, 5.41) is 3.07. The zero-order chi connectivity index (χ0) is 47.7. The zero-order valence-electron chi connectivity index (χ0n) is 37.2. The molecule has 0 saturated heterocycles. The lowest BCUT2D eigenvalue weighted by Crippen LogP contribution is -2.37. The van der Waals surface area contributed by atoms with Gasteiger partial charge in [-0.1, -0.05) is 175 Å². The summed E-state index contributed by atoms with van der Waals surface area (Å²) in [6.07, 6.45) is -3.63. The number of rotatable bonds is 14. The third-order valence-electron chi connectivity index (χ3n) is 10.8. The largest absolute Gasteiger partial charge is 0.416 e. The summed E-state index contributed by atoms with van der Waals surface area (Å²) in [6.45, 7) is 14.7. The van der Waals surface area contributed by atoms with E-state index in [0.717, 1.165) is 28.8 Å². The summed E-state index contributed by atoms with van der Waals surface area (Å²) in [5.41, 5.74) is 2.43. The van der Waals surface area contributed by atoms with Crippen molar-refractivity contribution in [3.8, 4) is 0 Å². The van der Waals surface area contributed by atoms with Crippen molar-refractivity contribution in [3.63, 3.8) is 0 Å². The van der Waals surface area contributed by atoms with Gasteiger partial charge in [0.2, 0.25) is 0 Å². The van der Waals surface area contributed by atoms with Crippen molar-refractivity contribution in [2.45, 2.75) is 71.4 Å². The molecular formula is C51H52Cl3F5N2O2Si2. The first-order valence-electron chi connectivity index (χ1n) is 21.1. The molecule has 0 bridgehead atoms. The van der Waals surface area contributed by atoms with Crippen LogP contribution in [0, 0.1) is 11.6 Å². The van der Waals surface area contributed by atoms with Crippen molar-refractivity contribution in [1.82, 2.24) is 9.80 Å². The van der Waals surface area contributed by atoms with Crippen LogP contribution in [0.5, 0.6) is 0 Å². The molecule has 4 nitrogen and oxygen atoms in total. The highest BCUT2D eigenvalue weighted by molar-refractivity contribution is 6.89. The molecule has 0 N–H and O–H groups in total. The van der Waals surface area contributed by atoms with Crippen molar-refractivity contribution >= 4 is 73.1 Å². The van der Waals surface area contributed by atoms with Crippen LogP contribution in [0.4, 0.5) is 22.0 Å². The minimum absolute atomic E-state index is 0.0117. The molecule has 342 valence electrons. The van der Waals surface area contributed by atoms with Crippen molar-refractivity contribution in [2.75, 3.05) is 13.1 Å². The summed E-state index contributed by atoms with van der Waals surface area (Å²) in [4.78, 5) is 29.6. The molecule has 6 aromatic carbocycles. The standard InChI is InChI=1S/C26H26ClF4NOSi.C25H26Cl2FNOSi/c1-34(2,3)21-12-10-19(11-13-21)17-32(25(33)22-8-5-9-23(27)24(22)28)15-14-18-6-4-7-20(16-18)26(29,30)31;1-31(2,3)21-13-9-19(10-14-21)17-29(16-15-18-7-11-20(26)12-8-18)25(30)22-5-4-6-23(27)24(22)28/h4-13,16H,14-15,17H2,1-3H3;4-14H,15-17H2,1-3H3. The van der Waals surface area contributed by atoms with E-state index in [1.165, 1.54) is 51.7 Å². The molecule has 0 fully saturated rings. The first kappa shape index (κ1) is 51.2. The SMILES string of the molecule is C[Si](C)(C)c1ccc(CN(CCc2ccc(Cl)cc2)C(=O)c2cccc(Cl)c2F)cc1.C[Si](C)(C)c1ccc(CN(CCc2cccc(C(F)(F)F)c2)C(=O)c2cccc(Cl)c2F)cc1. The molecule has 2 amide bonds. The molecule has 0 aliphatic carbocycles. The average Bonchev–Trinajstić information content (AvgIpc) is 3.25. The molecule has 0 radical (unpaired) electrons. The highest BCUT2D eigenvalue weighted by Crippen LogP contribution is 2.30. The van der Waals surface area contributed by atoms with E-state index < -0.39 is 45.4 Å². The van der Waals surface area contributed by atoms with Crippen LogP contribution < -0.4 is 10.4 Å². The first-order valence-corrected chi connectivity index (χ1v) is 29.2. The number of hydrogen-bond acceptors (Lipinski definition) is 2. The van der Waals surface area contributed by atoms with Crippen LogP contribution >= 0.6 is 34.8 Å². The average molecular weight is 983 g/mol. The van der Waals surface area contributed by atoms with Gasteiger partial charge in [-0.25, -0.2) is 8.78 Å². The van der Waals surface area contributed by atoms with Crippen LogP contribution in [0.1, 0.15) is 48.5 Å². The van der Waals surface area contributed by atoms with E-state index in [-0.39, 0.29) is 46.6 Å². The Morgan fingerprint density at radius 2 is 0.892 bits per heavy atom. The molecule has 0 atom stereocenters. The topological polar surface area (TPSA) is 40.6 Å². The fourth-order valence-corrected chi connectivity index (χ4v) is 9.74. The van der Waals surface area contributed by atoms with E-state index in [2.05, 4.69) is 63.5 Å². The molecule has 0 aliphatic rings. The Bertz CT molecular complexity index is 2560. The number of benzene rings is 6. The molecule has 0 unspecified atom stereocenters. The maximum atomic E-state index is 14.6. The smallest absolute Gasteiger partial charge is 0.334 e. The van der Waals surface area contributed by atoms with Gasteiger partial charge in [0.25, 0.3) is 11.8 Å². The second-order valence-corrected chi connectivity index (χ2v) is 29.3. The van der Waals surface area contributed by atoms with Gasteiger partial charge in [-0.2, -0.15) is 13.2 Å². The number of carbonyl (C=O) groups excluding carboxylic acids is 2. The molecule has 65 heavy (non-hydrogen) atoms. The fraction of sp³-hybridized carbons (Fsp3) is 0.255. The van der Waals surface area contributed by atoms with E-state index >= 15 is 0 Å². The maximum Gasteiger partial charge on any atom is 0.416 e. The van der Waals surface area contributed by atoms with Crippen LogP contribution in [-0.4, -0.2) is 50.9 Å². The lowest BCUT2D eigenvalue weighted by atomic mass is 10.1. The van der Waals surface area contributed by atoms with Gasteiger partial charge in [0.1, 0.15) is 0 Å². The summed E-state index contributed by atoms with van der Waals surface area (Å²) < 4.78 is 68.4. The Morgan fingerprint density at radius 1 is 0.508 bits per heavy atom. The van der Waals surface area contributed by atoms with Crippen molar-refractivity contribution in [3.05, 3.63) is 199 Å². The molecule has 14 heteroatoms. The third kappa shape index (κ3) is 14.6. The van der Waals surface area contributed by atoms with Crippen LogP contribution in [0.2, 0.25) is 54.3 Å². The van der Waals surface area contributed by atoms with Crippen LogP contribution in [-0.2, 0) is 32.1 Å². The lowest BCUT2D eigenvalue weighted by Gasteiger charge is -2.24. The van der Waals surface area contributed by atoms with Crippen LogP contribution in [0.15, 0.2) is 133 Å². The van der Waals surface area contributed by atoms with Gasteiger partial charge in [0.15, 0.2) is 11.6 Å². The first-order chi connectivity index (χ1) is 30.5. The van der Waals surface area contributed by atoms with Gasteiger partial charge in [-0.05, 0) is 77.6 Å². The molecule has 6 rings (SSSR count). The molecule has 0 spiro atoms. The van der Waals surface area contributed by atoms with E-state index in [1.54, 1.807) is 17.0 Å². The van der Waals surface area contributed by atoms with Gasteiger partial charge in [0, 0.05) is 31.2 Å². The summed E-state index contributed by atoms with van der Waals surface area (Å²) >= 11 is 17.8. The predicted molar refractivity (Wildman–Crippen MR) is 261 cm³/mol. The van der Waals surface area contributed by atoms with E-state index in [9.17, 15) is 31.5 Å². The Labute approximate surface area is 396 Å². The number of nitrogens with zero attached hydrogens (tertiary/aromatic N) is 2. The monoisotopic (exact) mass is 980 g/mol. The molecule has 0 aromatic heterocycles. The third-order valence-corrected chi connectivity index (χ3v) is 15.8. The Morgan fingerprint density at radius 3 is 1.29 bits per heavy atom. The number of hydrogen-bond donors (Lipinski definition) is 0. The maximum absolute atomic E-state index is 14.6. The van der Waals surface area contributed by atoms with Crippen molar-refractivity contribution < 1.29 is 31.5 Å². The zero-order valence-corrected chi connectivity index (χ0v) is 41.4. The summed E-state index contributed by atoms with van der Waals surface area (Å²) in [7, 11) is -2.91. The Hall–Kier alpha value is -4.79. The second-order valence-electron chi connectivity index (χ2n) is 17.9. The normalized spacial score (nSPS) is 11.7. The van der Waals surface area contributed by atoms with Gasteiger partial charge in [-0.15, -0.1) is 0 Å². The van der Waals surface area contributed by atoms with Gasteiger partial charge < -0.3 is 9.80 Å². The second kappa shape index (κ2) is 22.1. The summed E-state index contributed by atoms with van der Waals surface area (Å²) in [5.74, 6) is -2.43. The number of carbonyl (C=O) groups is 2. The predicted octanol–water partition coefficient (Wildman–Crippen LogP) is 13.5. The van der Waals surface area contributed by atoms with Gasteiger partial charge in [0.05, 0.1) is 42.9 Å². The Kier molecular flexibility index (Phi) is 17.4. The molecular weight excluding hydrogens is 930 g/mol. The van der Waals surface area contributed by atoms with E-state index in [0.29, 0.717) is 30.1 Å². The minimum Gasteiger partial charge on any atom is -0.334 e. The van der Waals surface area contributed by atoms with Gasteiger partial charge >= 0.3 is 6.18 Å². The number of alkyl halides is 3. The summed E-state index contributed by atoms with van der Waals surface area (Å²) in [6, 6.07) is 37.6. The molecule has 0 aliphatic heterocycles. The van der Waals surface area contributed by atoms with Crippen molar-refractivity contribution in [1.29, 1.82) is 0 Å². The van der Waals surface area contributed by atoms with E-state index in [1.807, 2.05) is 48.5 Å². The number of halogens is 8. The lowest BCUT2D eigenvalue weighted by molar-refractivity contribution is -0.137. The number of amides is 2. The Balaban J connectivity index is 0.000000245. The molecule has 0 heterocycles. The van der Waals surface area contributed by atoms with Gasteiger partial charge in [-0.3, -0.25) is 9.59 Å². The quantitative estimate of drug-likeness (QED) is 0.0806. The van der Waals surface area contributed by atoms with Crippen molar-refractivity contribution in [2.24, 2.45) is 0 Å². The van der Waals surface area contributed by atoms with E-state index in [4.69, 9.17) is 34.8 Å². The molecule has 6 aromatic rings. The van der Waals surface area contributed by atoms with Crippen LogP contribution in [0.25, 0.3) is 0 Å².